The lowest BCUT2D eigenvalue weighted by atomic mass is 9.85. The Morgan fingerprint density at radius 2 is 1.69 bits per heavy atom. The number of aliphatic hydroxyl groups is 1. The molecule has 0 aromatic rings. The van der Waals surface area contributed by atoms with Crippen molar-refractivity contribution in [2.45, 2.75) is 71.3 Å². The summed E-state index contributed by atoms with van der Waals surface area (Å²) in [5.41, 5.74) is -0.587. The van der Waals surface area contributed by atoms with E-state index in [0.29, 0.717) is 24.8 Å². The molecule has 0 unspecified atom stereocenters. The van der Waals surface area contributed by atoms with Crippen molar-refractivity contribution < 1.29 is 9.90 Å². The molecular weight excluding hydrogens is 200 g/mol. The summed E-state index contributed by atoms with van der Waals surface area (Å²) in [7, 11) is 0. The predicted octanol–water partition coefficient (Wildman–Crippen LogP) is 3.63. The van der Waals surface area contributed by atoms with Gasteiger partial charge in [-0.1, -0.05) is 46.6 Å². The molecule has 0 saturated carbocycles. The van der Waals surface area contributed by atoms with E-state index in [0.717, 1.165) is 12.8 Å². The second kappa shape index (κ2) is 7.61. The molecule has 94 valence electrons. The van der Waals surface area contributed by atoms with Crippen LogP contribution in [0.1, 0.15) is 65.7 Å². The lowest BCUT2D eigenvalue weighted by Crippen LogP contribution is -2.32. The van der Waals surface area contributed by atoms with Crippen molar-refractivity contribution in [2.24, 2.45) is 0 Å². The molecular formula is C14H26O2. The molecule has 0 radical (unpaired) electrons. The second-order valence-corrected chi connectivity index (χ2v) is 4.45. The third-order valence-corrected chi connectivity index (χ3v) is 3.33. The normalized spacial score (nSPS) is 11.5. The van der Waals surface area contributed by atoms with Gasteiger partial charge in [0, 0.05) is 12.0 Å². The summed E-state index contributed by atoms with van der Waals surface area (Å²) in [6.45, 7) is 9.69. The highest BCUT2D eigenvalue weighted by molar-refractivity contribution is 5.96. The largest absolute Gasteiger partial charge is 0.385 e. The third-order valence-electron chi connectivity index (χ3n) is 3.33. The van der Waals surface area contributed by atoms with Gasteiger partial charge in [0.2, 0.25) is 0 Å². The van der Waals surface area contributed by atoms with Gasteiger partial charge in [-0.15, -0.1) is 0 Å². The van der Waals surface area contributed by atoms with Gasteiger partial charge < -0.3 is 5.11 Å². The predicted molar refractivity (Wildman–Crippen MR) is 68.4 cm³/mol. The van der Waals surface area contributed by atoms with Crippen LogP contribution >= 0.6 is 0 Å². The number of hydrogen-bond acceptors (Lipinski definition) is 2. The van der Waals surface area contributed by atoms with Gasteiger partial charge >= 0.3 is 0 Å². The van der Waals surface area contributed by atoms with E-state index in [4.69, 9.17) is 0 Å². The lowest BCUT2D eigenvalue weighted by molar-refractivity contribution is -0.118. The van der Waals surface area contributed by atoms with Crippen molar-refractivity contribution in [3.05, 3.63) is 12.2 Å². The SMILES string of the molecule is C=C(C(=O)CCCCCC)C(O)(CC)CC. The van der Waals surface area contributed by atoms with Gasteiger partial charge in [-0.25, -0.2) is 0 Å². The Hall–Kier alpha value is -0.630. The highest BCUT2D eigenvalue weighted by Gasteiger charge is 2.29. The molecule has 0 atom stereocenters. The van der Waals surface area contributed by atoms with Crippen molar-refractivity contribution in [3.8, 4) is 0 Å². The van der Waals surface area contributed by atoms with Crippen molar-refractivity contribution in [3.63, 3.8) is 0 Å². The number of carbonyl (C=O) groups excluding carboxylic acids is 1. The molecule has 0 spiro atoms. The van der Waals surface area contributed by atoms with E-state index in [9.17, 15) is 9.90 Å². The first-order valence-electron chi connectivity index (χ1n) is 6.46. The van der Waals surface area contributed by atoms with Crippen LogP contribution in [0.15, 0.2) is 12.2 Å². The molecule has 0 aromatic carbocycles. The molecule has 2 nitrogen and oxygen atoms in total. The minimum atomic E-state index is -0.984. The first-order chi connectivity index (χ1) is 7.51. The third kappa shape index (κ3) is 4.48. The molecule has 0 heterocycles. The minimum Gasteiger partial charge on any atom is -0.385 e. The zero-order valence-electron chi connectivity index (χ0n) is 11.0. The minimum absolute atomic E-state index is 0.0299. The van der Waals surface area contributed by atoms with Gasteiger partial charge in [0.1, 0.15) is 0 Å². The van der Waals surface area contributed by atoms with Crippen LogP contribution in [0, 0.1) is 0 Å². The number of Topliss-reactive ketones (excluding diaryl/α,β-unsaturated/α-hetero) is 1. The molecule has 1 N–H and O–H groups in total. The highest BCUT2D eigenvalue weighted by atomic mass is 16.3. The molecule has 0 aromatic heterocycles. The van der Waals surface area contributed by atoms with E-state index < -0.39 is 5.60 Å². The maximum absolute atomic E-state index is 11.8. The Bertz CT molecular complexity index is 227. The van der Waals surface area contributed by atoms with E-state index in [1.165, 1.54) is 12.8 Å². The fourth-order valence-corrected chi connectivity index (χ4v) is 1.80. The van der Waals surface area contributed by atoms with Gasteiger partial charge in [-0.3, -0.25) is 4.79 Å². The van der Waals surface area contributed by atoms with Crippen molar-refractivity contribution in [2.75, 3.05) is 0 Å². The monoisotopic (exact) mass is 226 g/mol. The number of rotatable bonds is 9. The number of unbranched alkanes of at least 4 members (excludes halogenated alkanes) is 3. The zero-order chi connectivity index (χ0) is 12.6. The Balaban J connectivity index is 4.12. The van der Waals surface area contributed by atoms with Gasteiger partial charge in [-0.05, 0) is 19.3 Å². The van der Waals surface area contributed by atoms with Gasteiger partial charge in [0.05, 0.1) is 5.60 Å². The molecule has 0 aliphatic rings. The maximum Gasteiger partial charge on any atom is 0.161 e. The molecule has 0 rings (SSSR count). The van der Waals surface area contributed by atoms with Crippen LogP contribution in [0.2, 0.25) is 0 Å². The van der Waals surface area contributed by atoms with Gasteiger partial charge in [0.15, 0.2) is 5.78 Å². The number of carbonyl (C=O) groups is 1. The van der Waals surface area contributed by atoms with Crippen LogP contribution in [0.25, 0.3) is 0 Å². The quantitative estimate of drug-likeness (QED) is 0.481. The van der Waals surface area contributed by atoms with Gasteiger partial charge in [0.25, 0.3) is 0 Å². The standard InChI is InChI=1S/C14H26O2/c1-5-8-9-10-11-13(15)12(4)14(16,6-2)7-3/h16H,4-11H2,1-3H3. The van der Waals surface area contributed by atoms with Crippen LogP contribution in [0.4, 0.5) is 0 Å². The summed E-state index contributed by atoms with van der Waals surface area (Å²) in [6, 6.07) is 0. The highest BCUT2D eigenvalue weighted by Crippen LogP contribution is 2.25. The Morgan fingerprint density at radius 3 is 2.12 bits per heavy atom. The molecule has 0 saturated heterocycles. The van der Waals surface area contributed by atoms with E-state index in [-0.39, 0.29) is 5.78 Å². The Kier molecular flexibility index (Phi) is 7.31. The average Bonchev–Trinajstić information content (AvgIpc) is 2.32. The van der Waals surface area contributed by atoms with E-state index in [1.54, 1.807) is 0 Å². The van der Waals surface area contributed by atoms with E-state index >= 15 is 0 Å². The summed E-state index contributed by atoms with van der Waals surface area (Å²) >= 11 is 0. The molecule has 0 bridgehead atoms. The number of hydrogen-bond donors (Lipinski definition) is 1. The van der Waals surface area contributed by atoms with Crippen molar-refractivity contribution in [1.82, 2.24) is 0 Å². The average molecular weight is 226 g/mol. The van der Waals surface area contributed by atoms with Crippen LogP contribution < -0.4 is 0 Å². The second-order valence-electron chi connectivity index (χ2n) is 4.45. The molecule has 0 amide bonds. The zero-order valence-corrected chi connectivity index (χ0v) is 11.0. The summed E-state index contributed by atoms with van der Waals surface area (Å²) in [4.78, 5) is 11.8. The summed E-state index contributed by atoms with van der Waals surface area (Å²) in [5, 5.41) is 10.2. The number of ketones is 1. The maximum atomic E-state index is 11.8. The molecule has 0 aliphatic carbocycles. The van der Waals surface area contributed by atoms with Crippen LogP contribution in [-0.2, 0) is 4.79 Å². The fourth-order valence-electron chi connectivity index (χ4n) is 1.80. The molecule has 2 heteroatoms. The Morgan fingerprint density at radius 1 is 1.12 bits per heavy atom. The van der Waals surface area contributed by atoms with Crippen LogP contribution in [0.5, 0.6) is 0 Å². The summed E-state index contributed by atoms with van der Waals surface area (Å²) < 4.78 is 0. The first-order valence-corrected chi connectivity index (χ1v) is 6.46. The van der Waals surface area contributed by atoms with E-state index in [1.807, 2.05) is 13.8 Å². The van der Waals surface area contributed by atoms with Gasteiger partial charge in [-0.2, -0.15) is 0 Å². The molecule has 0 aliphatic heterocycles. The smallest absolute Gasteiger partial charge is 0.161 e. The first kappa shape index (κ1) is 15.4. The molecule has 0 fully saturated rings. The van der Waals surface area contributed by atoms with E-state index in [2.05, 4.69) is 13.5 Å². The topological polar surface area (TPSA) is 37.3 Å². The fraction of sp³-hybridized carbons (Fsp3) is 0.786. The van der Waals surface area contributed by atoms with Crippen molar-refractivity contribution >= 4 is 5.78 Å². The van der Waals surface area contributed by atoms with Crippen LogP contribution in [-0.4, -0.2) is 16.5 Å². The Labute approximate surface area is 99.7 Å². The summed E-state index contributed by atoms with van der Waals surface area (Å²) in [6.07, 6.45) is 5.99. The lowest BCUT2D eigenvalue weighted by Gasteiger charge is -2.26. The van der Waals surface area contributed by atoms with Crippen LogP contribution in [0.3, 0.4) is 0 Å². The van der Waals surface area contributed by atoms with Crippen molar-refractivity contribution in [1.29, 1.82) is 0 Å². The summed E-state index contributed by atoms with van der Waals surface area (Å²) in [5.74, 6) is 0.0299. The molecule has 16 heavy (non-hydrogen) atoms.